The van der Waals surface area contributed by atoms with Crippen molar-refractivity contribution in [2.75, 3.05) is 0 Å². The Balaban J connectivity index is 1.73. The number of halogens is 3. The number of hydrogen-bond donors (Lipinski definition) is 1. The molecule has 4 nitrogen and oxygen atoms in total. The van der Waals surface area contributed by atoms with Crippen LogP contribution in [0.25, 0.3) is 27.7 Å². The maximum Gasteiger partial charge on any atom is 0.420 e. The molecule has 1 saturated carbocycles. The molecule has 0 unspecified atom stereocenters. The first-order valence-electron chi connectivity index (χ1n) is 8.52. The van der Waals surface area contributed by atoms with Gasteiger partial charge < -0.3 is 4.98 Å². The van der Waals surface area contributed by atoms with Gasteiger partial charge >= 0.3 is 6.18 Å². The molecule has 1 aromatic carbocycles. The van der Waals surface area contributed by atoms with Crippen LogP contribution in [0.3, 0.4) is 0 Å². The van der Waals surface area contributed by atoms with E-state index in [4.69, 9.17) is 0 Å². The minimum Gasteiger partial charge on any atom is -0.361 e. The zero-order valence-corrected chi connectivity index (χ0v) is 13.7. The topological polar surface area (TPSA) is 46.0 Å². The number of H-pyrrole nitrogens is 1. The van der Waals surface area contributed by atoms with Gasteiger partial charge in [0, 0.05) is 24.3 Å². The average Bonchev–Trinajstić information content (AvgIpc) is 3.14. The normalized spacial score (nSPS) is 15.2. The van der Waals surface area contributed by atoms with E-state index in [2.05, 4.69) is 15.2 Å². The van der Waals surface area contributed by atoms with Gasteiger partial charge in [-0.15, -0.1) is 10.2 Å². The highest BCUT2D eigenvalue weighted by Gasteiger charge is 2.38. The van der Waals surface area contributed by atoms with E-state index in [-0.39, 0.29) is 11.2 Å². The quantitative estimate of drug-likeness (QED) is 0.570. The van der Waals surface area contributed by atoms with E-state index in [1.165, 1.54) is 10.5 Å². The summed E-state index contributed by atoms with van der Waals surface area (Å²) >= 11 is 0. The van der Waals surface area contributed by atoms with Gasteiger partial charge in [0.1, 0.15) is 11.4 Å². The molecule has 0 bridgehead atoms. The molecule has 132 valence electrons. The van der Waals surface area contributed by atoms with E-state index < -0.39 is 11.7 Å². The molecule has 1 aliphatic carbocycles. The molecule has 5 rings (SSSR count). The summed E-state index contributed by atoms with van der Waals surface area (Å²) in [6.45, 7) is 0. The summed E-state index contributed by atoms with van der Waals surface area (Å²) in [6, 6.07) is 8.60. The number of aromatic nitrogens is 4. The lowest BCUT2D eigenvalue weighted by Gasteiger charge is -2.14. The third-order valence-electron chi connectivity index (χ3n) is 4.97. The lowest BCUT2D eigenvalue weighted by molar-refractivity contribution is -0.136. The van der Waals surface area contributed by atoms with E-state index in [0.29, 0.717) is 23.7 Å². The molecule has 0 saturated heterocycles. The number of nitrogens with one attached hydrogen (secondary N) is 1. The van der Waals surface area contributed by atoms with Crippen LogP contribution in [0.5, 0.6) is 0 Å². The molecule has 0 amide bonds. The number of aromatic amines is 1. The minimum atomic E-state index is -4.52. The van der Waals surface area contributed by atoms with Crippen LogP contribution >= 0.6 is 0 Å². The maximum absolute atomic E-state index is 13.9. The first kappa shape index (κ1) is 15.4. The van der Waals surface area contributed by atoms with Crippen molar-refractivity contribution in [3.63, 3.8) is 0 Å². The number of hydrogen-bond acceptors (Lipinski definition) is 2. The Kier molecular flexibility index (Phi) is 3.16. The number of pyridine rings is 1. The van der Waals surface area contributed by atoms with Crippen molar-refractivity contribution in [2.45, 2.75) is 25.4 Å². The predicted octanol–water partition coefficient (Wildman–Crippen LogP) is 4.85. The Labute approximate surface area is 146 Å². The second-order valence-corrected chi connectivity index (χ2v) is 6.84. The van der Waals surface area contributed by atoms with Crippen LogP contribution in [0.15, 0.2) is 42.7 Å². The lowest BCUT2D eigenvalue weighted by atomic mass is 9.99. The summed E-state index contributed by atoms with van der Waals surface area (Å²) in [7, 11) is 0. The fourth-order valence-electron chi connectivity index (χ4n) is 3.46. The van der Waals surface area contributed by atoms with Gasteiger partial charge in [-0.2, -0.15) is 13.2 Å². The first-order valence-corrected chi connectivity index (χ1v) is 8.52. The minimum absolute atomic E-state index is 0.124. The molecule has 0 atom stereocenters. The highest BCUT2D eigenvalue weighted by atomic mass is 19.4. The molecule has 4 aromatic rings. The van der Waals surface area contributed by atoms with Crippen LogP contribution in [-0.2, 0) is 12.6 Å². The Morgan fingerprint density at radius 1 is 1.12 bits per heavy atom. The van der Waals surface area contributed by atoms with E-state index in [9.17, 15) is 13.2 Å². The molecule has 3 heterocycles. The molecule has 1 aliphatic rings. The van der Waals surface area contributed by atoms with Crippen LogP contribution in [0.2, 0.25) is 0 Å². The summed E-state index contributed by atoms with van der Waals surface area (Å²) in [4.78, 5) is 3.05. The van der Waals surface area contributed by atoms with E-state index in [0.717, 1.165) is 23.7 Å². The monoisotopic (exact) mass is 356 g/mol. The lowest BCUT2D eigenvalue weighted by Crippen LogP contribution is -2.11. The molecule has 0 aliphatic heterocycles. The van der Waals surface area contributed by atoms with Crippen LogP contribution in [0, 0.1) is 5.92 Å². The van der Waals surface area contributed by atoms with Crippen molar-refractivity contribution in [1.29, 1.82) is 0 Å². The Morgan fingerprint density at radius 2 is 1.96 bits per heavy atom. The van der Waals surface area contributed by atoms with Crippen LogP contribution in [0.4, 0.5) is 13.2 Å². The largest absolute Gasteiger partial charge is 0.420 e. The van der Waals surface area contributed by atoms with Crippen molar-refractivity contribution in [3.05, 3.63) is 54.1 Å². The van der Waals surface area contributed by atoms with Crippen molar-refractivity contribution < 1.29 is 13.2 Å². The van der Waals surface area contributed by atoms with E-state index in [1.54, 1.807) is 30.6 Å². The molecule has 26 heavy (non-hydrogen) atoms. The standard InChI is InChI=1S/C19H15F3N4/c20-19(21,22)17-14(12-3-4-15-13(10-12)5-7-23-15)6-8-26-16(9-11-1-2-11)24-25-18(17)26/h3-8,10-11,23H,1-2,9H2. The second kappa shape index (κ2) is 5.33. The summed E-state index contributed by atoms with van der Waals surface area (Å²) in [5.41, 5.74) is 0.666. The molecule has 0 radical (unpaired) electrons. The predicted molar refractivity (Wildman–Crippen MR) is 91.7 cm³/mol. The fourth-order valence-corrected chi connectivity index (χ4v) is 3.46. The van der Waals surface area contributed by atoms with E-state index >= 15 is 0 Å². The van der Waals surface area contributed by atoms with Crippen molar-refractivity contribution in [2.24, 2.45) is 5.92 Å². The second-order valence-electron chi connectivity index (χ2n) is 6.84. The molecule has 7 heteroatoms. The van der Waals surface area contributed by atoms with Gasteiger partial charge in [-0.25, -0.2) is 0 Å². The van der Waals surface area contributed by atoms with Gasteiger partial charge in [0.15, 0.2) is 5.65 Å². The number of fused-ring (bicyclic) bond motifs is 2. The Morgan fingerprint density at radius 3 is 2.73 bits per heavy atom. The molecule has 1 N–H and O–H groups in total. The summed E-state index contributed by atoms with van der Waals surface area (Å²) in [5.74, 6) is 1.12. The van der Waals surface area contributed by atoms with Crippen LogP contribution in [-0.4, -0.2) is 19.6 Å². The number of alkyl halides is 3. The number of rotatable bonds is 3. The van der Waals surface area contributed by atoms with Crippen LogP contribution < -0.4 is 0 Å². The molecular weight excluding hydrogens is 341 g/mol. The zero-order valence-electron chi connectivity index (χ0n) is 13.7. The highest BCUT2D eigenvalue weighted by molar-refractivity contribution is 5.86. The summed E-state index contributed by atoms with van der Waals surface area (Å²) in [6.07, 6.45) is 1.79. The SMILES string of the molecule is FC(F)(F)c1c(-c2ccc3[nH]ccc3c2)ccn2c(CC3CC3)nnc12. The first-order chi connectivity index (χ1) is 12.5. The summed E-state index contributed by atoms with van der Waals surface area (Å²) < 4.78 is 43.2. The van der Waals surface area contributed by atoms with Gasteiger partial charge in [-0.1, -0.05) is 6.07 Å². The van der Waals surface area contributed by atoms with Gasteiger partial charge in [0.25, 0.3) is 0 Å². The van der Waals surface area contributed by atoms with Crippen LogP contribution in [0.1, 0.15) is 24.2 Å². The molecule has 3 aromatic heterocycles. The third kappa shape index (κ3) is 2.46. The number of nitrogens with zero attached hydrogens (tertiary/aromatic N) is 3. The maximum atomic E-state index is 13.9. The smallest absolute Gasteiger partial charge is 0.361 e. The van der Waals surface area contributed by atoms with Gasteiger partial charge in [-0.05, 0) is 59.5 Å². The highest BCUT2D eigenvalue weighted by Crippen LogP contribution is 2.40. The molecular formula is C19H15F3N4. The van der Waals surface area contributed by atoms with Crippen molar-refractivity contribution in [1.82, 2.24) is 19.6 Å². The van der Waals surface area contributed by atoms with E-state index in [1.807, 2.05) is 6.07 Å². The Hall–Kier alpha value is -2.83. The Bertz CT molecular complexity index is 1120. The summed E-state index contributed by atoms with van der Waals surface area (Å²) in [5, 5.41) is 8.79. The number of benzene rings is 1. The molecule has 0 spiro atoms. The fraction of sp³-hybridized carbons (Fsp3) is 0.263. The molecule has 1 fully saturated rings. The van der Waals surface area contributed by atoms with Gasteiger partial charge in [-0.3, -0.25) is 4.40 Å². The van der Waals surface area contributed by atoms with Gasteiger partial charge in [0.2, 0.25) is 0 Å². The zero-order chi connectivity index (χ0) is 17.9. The third-order valence-corrected chi connectivity index (χ3v) is 4.97. The average molecular weight is 356 g/mol. The van der Waals surface area contributed by atoms with Crippen molar-refractivity contribution >= 4 is 16.6 Å². The van der Waals surface area contributed by atoms with Gasteiger partial charge in [0.05, 0.1) is 0 Å². The van der Waals surface area contributed by atoms with Crippen molar-refractivity contribution in [3.8, 4) is 11.1 Å².